The Labute approximate surface area is 104 Å². The topological polar surface area (TPSA) is 89.4 Å². The molecule has 5 nitrogen and oxygen atoms in total. The van der Waals surface area contributed by atoms with Gasteiger partial charge in [-0.05, 0) is 12.8 Å². The SMILES string of the molecule is CCCCC(N)C(=O)N(CCCC)CC(N)=O. The quantitative estimate of drug-likeness (QED) is 0.622. The molecule has 0 aliphatic rings. The maximum absolute atomic E-state index is 12.0. The van der Waals surface area contributed by atoms with Gasteiger partial charge < -0.3 is 16.4 Å². The molecule has 0 saturated carbocycles. The third-order valence-electron chi connectivity index (χ3n) is 2.63. The minimum atomic E-state index is -0.508. The Kier molecular flexibility index (Phi) is 8.40. The summed E-state index contributed by atoms with van der Waals surface area (Å²) in [5, 5.41) is 0. The van der Waals surface area contributed by atoms with Gasteiger partial charge in [0.2, 0.25) is 11.8 Å². The summed E-state index contributed by atoms with van der Waals surface area (Å²) in [5.74, 6) is -0.650. The second-order valence-electron chi connectivity index (χ2n) is 4.33. The molecule has 2 amide bonds. The van der Waals surface area contributed by atoms with E-state index >= 15 is 0 Å². The van der Waals surface area contributed by atoms with Gasteiger partial charge in [0.25, 0.3) is 0 Å². The Bertz CT molecular complexity index is 244. The lowest BCUT2D eigenvalue weighted by atomic mass is 10.1. The summed E-state index contributed by atoms with van der Waals surface area (Å²) in [5.41, 5.74) is 10.9. The molecule has 0 fully saturated rings. The molecule has 0 aliphatic heterocycles. The number of amides is 2. The molecule has 0 aliphatic carbocycles. The van der Waals surface area contributed by atoms with E-state index in [1.54, 1.807) is 0 Å². The molecule has 100 valence electrons. The van der Waals surface area contributed by atoms with Crippen LogP contribution in [0.2, 0.25) is 0 Å². The van der Waals surface area contributed by atoms with E-state index in [1.807, 2.05) is 6.92 Å². The number of rotatable bonds is 9. The summed E-state index contributed by atoms with van der Waals surface area (Å²) in [6.45, 7) is 4.61. The van der Waals surface area contributed by atoms with Crippen LogP contribution < -0.4 is 11.5 Å². The highest BCUT2D eigenvalue weighted by atomic mass is 16.2. The fraction of sp³-hybridized carbons (Fsp3) is 0.833. The molecule has 0 aromatic heterocycles. The average Bonchev–Trinajstić information content (AvgIpc) is 2.29. The van der Waals surface area contributed by atoms with Crippen molar-refractivity contribution in [2.45, 2.75) is 52.0 Å². The van der Waals surface area contributed by atoms with E-state index in [1.165, 1.54) is 4.90 Å². The lowest BCUT2D eigenvalue weighted by molar-refractivity contribution is -0.136. The van der Waals surface area contributed by atoms with Crippen LogP contribution in [-0.2, 0) is 9.59 Å². The van der Waals surface area contributed by atoms with Gasteiger partial charge >= 0.3 is 0 Å². The molecule has 0 radical (unpaired) electrons. The summed E-state index contributed by atoms with van der Waals surface area (Å²) >= 11 is 0. The highest BCUT2D eigenvalue weighted by molar-refractivity contribution is 5.86. The van der Waals surface area contributed by atoms with Gasteiger partial charge in [-0.2, -0.15) is 0 Å². The first-order valence-electron chi connectivity index (χ1n) is 6.35. The van der Waals surface area contributed by atoms with Crippen molar-refractivity contribution < 1.29 is 9.59 Å². The monoisotopic (exact) mass is 243 g/mol. The number of carbonyl (C=O) groups excluding carboxylic acids is 2. The van der Waals surface area contributed by atoms with E-state index in [9.17, 15) is 9.59 Å². The lowest BCUT2D eigenvalue weighted by Crippen LogP contribution is -2.47. The first kappa shape index (κ1) is 15.9. The summed E-state index contributed by atoms with van der Waals surface area (Å²) in [6, 6.07) is -0.508. The minimum absolute atomic E-state index is 0.0291. The molecule has 0 aromatic carbocycles. The average molecular weight is 243 g/mol. The van der Waals surface area contributed by atoms with Crippen LogP contribution in [0.3, 0.4) is 0 Å². The molecular formula is C12H25N3O2. The van der Waals surface area contributed by atoms with E-state index in [0.29, 0.717) is 13.0 Å². The van der Waals surface area contributed by atoms with E-state index < -0.39 is 11.9 Å². The van der Waals surface area contributed by atoms with Crippen LogP contribution in [0.25, 0.3) is 0 Å². The van der Waals surface area contributed by atoms with E-state index in [4.69, 9.17) is 11.5 Å². The molecule has 4 N–H and O–H groups in total. The summed E-state index contributed by atoms with van der Waals surface area (Å²) in [6.07, 6.45) is 4.42. The van der Waals surface area contributed by atoms with Crippen molar-refractivity contribution in [3.8, 4) is 0 Å². The highest BCUT2D eigenvalue weighted by Gasteiger charge is 2.21. The standard InChI is InChI=1S/C12H25N3O2/c1-3-5-7-10(13)12(17)15(8-6-4-2)9-11(14)16/h10H,3-9,13H2,1-2H3,(H2,14,16). The van der Waals surface area contributed by atoms with E-state index in [-0.39, 0.29) is 12.5 Å². The molecule has 17 heavy (non-hydrogen) atoms. The van der Waals surface area contributed by atoms with Gasteiger partial charge in [-0.1, -0.05) is 33.1 Å². The zero-order valence-corrected chi connectivity index (χ0v) is 10.9. The molecule has 5 heteroatoms. The van der Waals surface area contributed by atoms with Gasteiger partial charge in [-0.3, -0.25) is 9.59 Å². The normalized spacial score (nSPS) is 12.2. The first-order chi connectivity index (χ1) is 8.02. The fourth-order valence-electron chi connectivity index (χ4n) is 1.59. The molecule has 0 heterocycles. The van der Waals surface area contributed by atoms with Crippen molar-refractivity contribution in [1.82, 2.24) is 4.90 Å². The number of unbranched alkanes of at least 4 members (excludes halogenated alkanes) is 2. The maximum Gasteiger partial charge on any atom is 0.239 e. The van der Waals surface area contributed by atoms with Gasteiger partial charge in [0, 0.05) is 6.54 Å². The van der Waals surface area contributed by atoms with Gasteiger partial charge in [0.15, 0.2) is 0 Å². The molecular weight excluding hydrogens is 218 g/mol. The van der Waals surface area contributed by atoms with Crippen LogP contribution in [0, 0.1) is 0 Å². The van der Waals surface area contributed by atoms with Crippen molar-refractivity contribution in [1.29, 1.82) is 0 Å². The molecule has 1 unspecified atom stereocenters. The van der Waals surface area contributed by atoms with Gasteiger partial charge in [0.05, 0.1) is 12.6 Å². The van der Waals surface area contributed by atoms with Crippen molar-refractivity contribution >= 4 is 11.8 Å². The fourth-order valence-corrected chi connectivity index (χ4v) is 1.59. The van der Waals surface area contributed by atoms with Gasteiger partial charge in [-0.25, -0.2) is 0 Å². The Morgan fingerprint density at radius 1 is 1.18 bits per heavy atom. The zero-order valence-electron chi connectivity index (χ0n) is 10.9. The summed E-state index contributed by atoms with van der Waals surface area (Å²) in [4.78, 5) is 24.4. The molecule has 0 spiro atoms. The smallest absolute Gasteiger partial charge is 0.239 e. The Hall–Kier alpha value is -1.10. The van der Waals surface area contributed by atoms with Crippen LogP contribution >= 0.6 is 0 Å². The van der Waals surface area contributed by atoms with Crippen molar-refractivity contribution in [2.75, 3.05) is 13.1 Å². The highest BCUT2D eigenvalue weighted by Crippen LogP contribution is 2.04. The Morgan fingerprint density at radius 3 is 2.24 bits per heavy atom. The van der Waals surface area contributed by atoms with Gasteiger partial charge in [-0.15, -0.1) is 0 Å². The molecule has 0 rings (SSSR count). The number of carbonyl (C=O) groups is 2. The summed E-state index contributed by atoms with van der Waals surface area (Å²) < 4.78 is 0. The van der Waals surface area contributed by atoms with Crippen molar-refractivity contribution in [3.63, 3.8) is 0 Å². The maximum atomic E-state index is 12.0. The second kappa shape index (κ2) is 8.98. The van der Waals surface area contributed by atoms with Gasteiger partial charge in [0.1, 0.15) is 0 Å². The number of nitrogens with zero attached hydrogens (tertiary/aromatic N) is 1. The molecule has 0 saturated heterocycles. The van der Waals surface area contributed by atoms with Crippen LogP contribution in [0.4, 0.5) is 0 Å². The van der Waals surface area contributed by atoms with E-state index in [0.717, 1.165) is 25.7 Å². The third-order valence-corrected chi connectivity index (χ3v) is 2.63. The molecule has 1 atom stereocenters. The number of hydrogen-bond donors (Lipinski definition) is 2. The van der Waals surface area contributed by atoms with E-state index in [2.05, 4.69) is 6.92 Å². The van der Waals surface area contributed by atoms with Crippen LogP contribution in [0.5, 0.6) is 0 Å². The largest absolute Gasteiger partial charge is 0.368 e. The number of primary amides is 1. The predicted octanol–water partition coefficient (Wildman–Crippen LogP) is 0.618. The number of hydrogen-bond acceptors (Lipinski definition) is 3. The lowest BCUT2D eigenvalue weighted by Gasteiger charge is -2.24. The first-order valence-corrected chi connectivity index (χ1v) is 6.35. The Balaban J connectivity index is 4.33. The van der Waals surface area contributed by atoms with Crippen LogP contribution in [-0.4, -0.2) is 35.8 Å². The third kappa shape index (κ3) is 6.94. The molecule has 0 bridgehead atoms. The minimum Gasteiger partial charge on any atom is -0.368 e. The number of nitrogens with two attached hydrogens (primary N) is 2. The van der Waals surface area contributed by atoms with Crippen LogP contribution in [0.15, 0.2) is 0 Å². The summed E-state index contributed by atoms with van der Waals surface area (Å²) in [7, 11) is 0. The zero-order chi connectivity index (χ0) is 13.3. The van der Waals surface area contributed by atoms with Crippen LogP contribution in [0.1, 0.15) is 46.0 Å². The predicted molar refractivity (Wildman–Crippen MR) is 68.2 cm³/mol. The van der Waals surface area contributed by atoms with Crippen molar-refractivity contribution in [3.05, 3.63) is 0 Å². The van der Waals surface area contributed by atoms with Crippen molar-refractivity contribution in [2.24, 2.45) is 11.5 Å². The Morgan fingerprint density at radius 2 is 1.76 bits per heavy atom. The second-order valence-corrected chi connectivity index (χ2v) is 4.33. The molecule has 0 aromatic rings.